The fourth-order valence-electron chi connectivity index (χ4n) is 3.28. The molecule has 2 amide bonds. The monoisotopic (exact) mass is 456 g/mol. The molecule has 2 aromatic heterocycles. The topological polar surface area (TPSA) is 84.4 Å². The number of carbonyl (C=O) groups is 2. The lowest BCUT2D eigenvalue weighted by Crippen LogP contribution is -2.39. The number of rotatable bonds is 4. The number of carbonyl (C=O) groups excluding carboxylic acids is 2. The van der Waals surface area contributed by atoms with E-state index in [1.165, 1.54) is 16.2 Å². The zero-order valence-corrected chi connectivity index (χ0v) is 19.3. The minimum atomic E-state index is -0.520. The minimum Gasteiger partial charge on any atom is -0.444 e. The molecule has 31 heavy (non-hydrogen) atoms. The molecule has 3 aromatic rings. The van der Waals surface area contributed by atoms with E-state index >= 15 is 0 Å². The Morgan fingerprint density at radius 1 is 1.19 bits per heavy atom. The first-order valence-electron chi connectivity index (χ1n) is 10.0. The van der Waals surface area contributed by atoms with E-state index in [2.05, 4.69) is 21.6 Å². The number of amides is 2. The maximum absolute atomic E-state index is 12.7. The van der Waals surface area contributed by atoms with Gasteiger partial charge in [-0.2, -0.15) is 0 Å². The van der Waals surface area contributed by atoms with Crippen LogP contribution >= 0.6 is 22.7 Å². The van der Waals surface area contributed by atoms with Crippen molar-refractivity contribution in [2.24, 2.45) is 0 Å². The number of anilines is 1. The molecule has 1 aliphatic heterocycles. The number of hydrogen-bond acceptors (Lipinski definition) is 7. The predicted octanol–water partition coefficient (Wildman–Crippen LogP) is 4.74. The van der Waals surface area contributed by atoms with E-state index in [0.29, 0.717) is 30.2 Å². The molecule has 0 fully saturated rings. The average molecular weight is 457 g/mol. The number of benzene rings is 1. The highest BCUT2D eigenvalue weighted by atomic mass is 32.1. The first-order chi connectivity index (χ1) is 14.8. The predicted molar refractivity (Wildman–Crippen MR) is 122 cm³/mol. The van der Waals surface area contributed by atoms with Crippen molar-refractivity contribution in [1.82, 2.24) is 15.1 Å². The van der Waals surface area contributed by atoms with E-state index in [1.54, 1.807) is 22.3 Å². The van der Waals surface area contributed by atoms with E-state index in [1.807, 2.05) is 44.4 Å². The fourth-order valence-corrected chi connectivity index (χ4v) is 4.84. The molecule has 9 heteroatoms. The lowest BCUT2D eigenvalue weighted by molar-refractivity contribution is 0.0224. The third-order valence-corrected chi connectivity index (χ3v) is 6.44. The van der Waals surface area contributed by atoms with Gasteiger partial charge in [0.05, 0.1) is 0 Å². The van der Waals surface area contributed by atoms with Crippen molar-refractivity contribution in [3.05, 3.63) is 62.3 Å². The first-order valence-corrected chi connectivity index (χ1v) is 11.7. The van der Waals surface area contributed by atoms with Crippen LogP contribution in [0, 0.1) is 0 Å². The molecule has 7 nitrogen and oxygen atoms in total. The number of fused-ring (bicyclic) bond motifs is 1. The number of thiophene rings is 1. The summed E-state index contributed by atoms with van der Waals surface area (Å²) < 4.78 is 5.47. The Morgan fingerprint density at radius 2 is 2.03 bits per heavy atom. The van der Waals surface area contributed by atoms with Gasteiger partial charge in [0.25, 0.3) is 5.91 Å². The van der Waals surface area contributed by atoms with Gasteiger partial charge in [-0.25, -0.2) is 4.79 Å². The Morgan fingerprint density at radius 3 is 2.77 bits per heavy atom. The lowest BCUT2D eigenvalue weighted by atomic mass is 9.97. The van der Waals surface area contributed by atoms with Gasteiger partial charge in [0, 0.05) is 30.0 Å². The summed E-state index contributed by atoms with van der Waals surface area (Å²) in [6.07, 6.45) is 1.09. The standard InChI is InChI=1S/C22H24N4O3S2/c1-22(2,3)29-21(28)26-9-8-14-11-15(6-7-16(14)13-26)19(27)23-20-25-24-18(31-20)12-17-5-4-10-30-17/h4-7,10-11H,8-9,12-13H2,1-3H3,(H,23,25,27). The third-order valence-electron chi connectivity index (χ3n) is 4.73. The van der Waals surface area contributed by atoms with Gasteiger partial charge in [0.15, 0.2) is 0 Å². The molecule has 0 radical (unpaired) electrons. The van der Waals surface area contributed by atoms with Gasteiger partial charge in [0.1, 0.15) is 10.6 Å². The van der Waals surface area contributed by atoms with E-state index in [9.17, 15) is 9.59 Å². The quantitative estimate of drug-likeness (QED) is 0.613. The zero-order chi connectivity index (χ0) is 22.0. The summed E-state index contributed by atoms with van der Waals surface area (Å²) in [5, 5.41) is 14.5. The van der Waals surface area contributed by atoms with E-state index < -0.39 is 5.60 Å². The van der Waals surface area contributed by atoms with Crippen LogP contribution in [-0.4, -0.2) is 39.2 Å². The van der Waals surface area contributed by atoms with Crippen LogP contribution < -0.4 is 5.32 Å². The van der Waals surface area contributed by atoms with E-state index in [-0.39, 0.29) is 12.0 Å². The summed E-state index contributed by atoms with van der Waals surface area (Å²) in [7, 11) is 0. The summed E-state index contributed by atoms with van der Waals surface area (Å²) in [6.45, 7) is 6.62. The molecular weight excluding hydrogens is 432 g/mol. The highest BCUT2D eigenvalue weighted by Gasteiger charge is 2.26. The van der Waals surface area contributed by atoms with Gasteiger partial charge in [0.2, 0.25) is 5.13 Å². The number of nitrogens with zero attached hydrogens (tertiary/aromatic N) is 3. The second-order valence-electron chi connectivity index (χ2n) is 8.35. The number of aromatic nitrogens is 2. The summed E-state index contributed by atoms with van der Waals surface area (Å²) in [4.78, 5) is 27.9. The van der Waals surface area contributed by atoms with Crippen molar-refractivity contribution in [3.63, 3.8) is 0 Å². The van der Waals surface area contributed by atoms with Crippen LogP contribution in [0.3, 0.4) is 0 Å². The zero-order valence-electron chi connectivity index (χ0n) is 17.7. The second-order valence-corrected chi connectivity index (χ2v) is 10.4. The van der Waals surface area contributed by atoms with Crippen molar-refractivity contribution >= 4 is 39.8 Å². The average Bonchev–Trinajstić information content (AvgIpc) is 3.38. The highest BCUT2D eigenvalue weighted by Crippen LogP contribution is 2.24. The van der Waals surface area contributed by atoms with Crippen LogP contribution in [0.4, 0.5) is 9.93 Å². The van der Waals surface area contributed by atoms with Crippen LogP contribution in [0.25, 0.3) is 0 Å². The van der Waals surface area contributed by atoms with Crippen LogP contribution in [0.5, 0.6) is 0 Å². The molecule has 3 heterocycles. The third kappa shape index (κ3) is 5.48. The van der Waals surface area contributed by atoms with Crippen LogP contribution in [0.15, 0.2) is 35.7 Å². The molecule has 1 aromatic carbocycles. The van der Waals surface area contributed by atoms with Crippen molar-refractivity contribution < 1.29 is 14.3 Å². The van der Waals surface area contributed by atoms with Crippen molar-refractivity contribution in [2.75, 3.05) is 11.9 Å². The van der Waals surface area contributed by atoms with Crippen molar-refractivity contribution in [1.29, 1.82) is 0 Å². The Hall–Kier alpha value is -2.78. The molecule has 1 aliphatic rings. The van der Waals surface area contributed by atoms with Crippen LogP contribution in [0.2, 0.25) is 0 Å². The van der Waals surface area contributed by atoms with Crippen molar-refractivity contribution in [2.45, 2.75) is 45.8 Å². The Balaban J connectivity index is 1.39. The molecule has 4 rings (SSSR count). The van der Waals surface area contributed by atoms with Gasteiger partial charge in [-0.05, 0) is 61.9 Å². The number of ether oxygens (including phenoxy) is 1. The second kappa shape index (κ2) is 8.76. The van der Waals surface area contributed by atoms with Crippen molar-refractivity contribution in [3.8, 4) is 0 Å². The van der Waals surface area contributed by atoms with Gasteiger partial charge in [-0.15, -0.1) is 21.5 Å². The Labute approximate surface area is 189 Å². The number of nitrogens with one attached hydrogen (secondary N) is 1. The van der Waals surface area contributed by atoms with Crippen LogP contribution in [0.1, 0.15) is 52.1 Å². The molecule has 1 N–H and O–H groups in total. The summed E-state index contributed by atoms with van der Waals surface area (Å²) in [6, 6.07) is 9.64. The van der Waals surface area contributed by atoms with Crippen LogP contribution in [-0.2, 0) is 24.1 Å². The van der Waals surface area contributed by atoms with Gasteiger partial charge in [-0.3, -0.25) is 10.1 Å². The summed E-state index contributed by atoms with van der Waals surface area (Å²) in [5.74, 6) is -0.212. The maximum atomic E-state index is 12.7. The van der Waals surface area contributed by atoms with E-state index in [0.717, 1.165) is 22.6 Å². The smallest absolute Gasteiger partial charge is 0.410 e. The molecule has 162 valence electrons. The summed E-state index contributed by atoms with van der Waals surface area (Å²) >= 11 is 3.06. The van der Waals surface area contributed by atoms with Gasteiger partial charge >= 0.3 is 6.09 Å². The lowest BCUT2D eigenvalue weighted by Gasteiger charge is -2.31. The number of hydrogen-bond donors (Lipinski definition) is 1. The normalized spacial score (nSPS) is 13.6. The largest absolute Gasteiger partial charge is 0.444 e. The molecule has 0 saturated carbocycles. The molecule has 0 bridgehead atoms. The molecule has 0 saturated heterocycles. The Kier molecular flexibility index (Phi) is 6.06. The van der Waals surface area contributed by atoms with Gasteiger partial charge < -0.3 is 9.64 Å². The van der Waals surface area contributed by atoms with Gasteiger partial charge in [-0.1, -0.05) is 23.5 Å². The molecule has 0 unspecified atom stereocenters. The molecular formula is C22H24N4O3S2. The molecule has 0 aliphatic carbocycles. The minimum absolute atomic E-state index is 0.212. The highest BCUT2D eigenvalue weighted by molar-refractivity contribution is 7.15. The first kappa shape index (κ1) is 21.5. The Bertz CT molecular complexity index is 1090. The van der Waals surface area contributed by atoms with E-state index in [4.69, 9.17) is 4.74 Å². The maximum Gasteiger partial charge on any atom is 0.410 e. The summed E-state index contributed by atoms with van der Waals surface area (Å²) in [5.41, 5.74) is 2.15. The molecule has 0 spiro atoms. The molecule has 0 atom stereocenters. The SMILES string of the molecule is CC(C)(C)OC(=O)N1CCc2cc(C(=O)Nc3nnc(Cc4cccs4)s3)ccc2C1. The fraction of sp³-hybridized carbons (Fsp3) is 0.364.